The minimum Gasteiger partial charge on any atom is -0.482 e. The maximum atomic E-state index is 13.6. The van der Waals surface area contributed by atoms with E-state index in [1.54, 1.807) is 24.3 Å². The summed E-state index contributed by atoms with van der Waals surface area (Å²) in [6, 6.07) is 9.62. The van der Waals surface area contributed by atoms with Gasteiger partial charge in [0.1, 0.15) is 17.4 Å². The number of hydrogen-bond acceptors (Lipinski definition) is 5. The van der Waals surface area contributed by atoms with Crippen molar-refractivity contribution in [1.29, 1.82) is 0 Å². The molecule has 2 aromatic carbocycles. The van der Waals surface area contributed by atoms with Gasteiger partial charge in [0.05, 0.1) is 17.8 Å². The molecule has 0 radical (unpaired) electrons. The molecular weight excluding hydrogens is 386 g/mol. The molecule has 152 valence electrons. The maximum Gasteiger partial charge on any atom is 0.308 e. The van der Waals surface area contributed by atoms with Crippen molar-refractivity contribution in [2.45, 2.75) is 19.4 Å². The first kappa shape index (κ1) is 20.2. The summed E-state index contributed by atoms with van der Waals surface area (Å²) >= 11 is 0. The fourth-order valence-electron chi connectivity index (χ4n) is 2.74. The molecule has 9 heteroatoms. The first-order valence-electron chi connectivity index (χ1n) is 8.82. The number of nitrogens with one attached hydrogen (secondary N) is 1. The normalized spacial score (nSPS) is 13.9. The zero-order chi connectivity index (χ0) is 21.0. The second-order valence-electron chi connectivity index (χ2n) is 6.30. The number of amides is 2. The van der Waals surface area contributed by atoms with Crippen molar-refractivity contribution >= 4 is 29.2 Å². The first-order chi connectivity index (χ1) is 13.8. The van der Waals surface area contributed by atoms with Crippen LogP contribution in [-0.2, 0) is 19.1 Å². The van der Waals surface area contributed by atoms with Crippen LogP contribution < -0.4 is 15.0 Å². The van der Waals surface area contributed by atoms with Crippen LogP contribution in [0.2, 0.25) is 0 Å². The molecule has 0 unspecified atom stereocenters. The summed E-state index contributed by atoms with van der Waals surface area (Å²) in [6.45, 7) is 1.25. The van der Waals surface area contributed by atoms with Gasteiger partial charge in [-0.05, 0) is 31.2 Å². The Morgan fingerprint density at radius 1 is 1.24 bits per heavy atom. The lowest BCUT2D eigenvalue weighted by molar-refractivity contribution is -0.153. The van der Waals surface area contributed by atoms with Crippen molar-refractivity contribution in [1.82, 2.24) is 0 Å². The molecule has 2 aromatic rings. The smallest absolute Gasteiger partial charge is 0.308 e. The average molecular weight is 404 g/mol. The molecule has 1 N–H and O–H groups in total. The zero-order valence-corrected chi connectivity index (χ0v) is 15.5. The summed E-state index contributed by atoms with van der Waals surface area (Å²) in [5, 5.41) is 2.23. The summed E-state index contributed by atoms with van der Waals surface area (Å²) in [4.78, 5) is 37.7. The number of nitrogens with zero attached hydrogens (tertiary/aromatic N) is 1. The molecule has 0 aromatic heterocycles. The van der Waals surface area contributed by atoms with Gasteiger partial charge < -0.3 is 19.7 Å². The number of ether oxygens (including phenoxy) is 2. The van der Waals surface area contributed by atoms with Crippen LogP contribution in [0.25, 0.3) is 0 Å². The molecule has 0 saturated heterocycles. The van der Waals surface area contributed by atoms with Gasteiger partial charge in [-0.25, -0.2) is 8.78 Å². The third-order valence-corrected chi connectivity index (χ3v) is 4.21. The van der Waals surface area contributed by atoms with Crippen molar-refractivity contribution in [2.24, 2.45) is 0 Å². The zero-order valence-electron chi connectivity index (χ0n) is 15.5. The quantitative estimate of drug-likeness (QED) is 0.749. The molecule has 0 saturated carbocycles. The van der Waals surface area contributed by atoms with Gasteiger partial charge in [0.25, 0.3) is 11.8 Å². The van der Waals surface area contributed by atoms with Crippen molar-refractivity contribution in [3.05, 3.63) is 54.1 Å². The Balaban J connectivity index is 1.54. The number of carbonyl (C=O) groups is 3. The second-order valence-corrected chi connectivity index (χ2v) is 6.30. The Kier molecular flexibility index (Phi) is 6.06. The fourth-order valence-corrected chi connectivity index (χ4v) is 2.74. The third-order valence-electron chi connectivity index (χ3n) is 4.21. The monoisotopic (exact) mass is 404 g/mol. The van der Waals surface area contributed by atoms with Crippen LogP contribution in [-0.4, -0.2) is 37.0 Å². The van der Waals surface area contributed by atoms with Gasteiger partial charge in [-0.2, -0.15) is 0 Å². The molecular formula is C20H18F2N2O5. The molecule has 3 rings (SSSR count). The summed E-state index contributed by atoms with van der Waals surface area (Å²) in [5.74, 6) is -2.95. The molecule has 0 bridgehead atoms. The Morgan fingerprint density at radius 2 is 2.00 bits per heavy atom. The van der Waals surface area contributed by atoms with Crippen LogP contribution in [0.1, 0.15) is 13.3 Å². The van der Waals surface area contributed by atoms with E-state index in [-0.39, 0.29) is 31.2 Å². The van der Waals surface area contributed by atoms with Crippen molar-refractivity contribution < 1.29 is 32.6 Å². The number of esters is 1. The highest BCUT2D eigenvalue weighted by molar-refractivity contribution is 5.98. The van der Waals surface area contributed by atoms with E-state index in [4.69, 9.17) is 9.47 Å². The SMILES string of the molecule is C[C@@H](OC(=O)CCN1C(=O)COc2ccccc21)C(=O)Nc1ccc(F)cc1F. The van der Waals surface area contributed by atoms with E-state index < -0.39 is 29.6 Å². The highest BCUT2D eigenvalue weighted by atomic mass is 19.1. The van der Waals surface area contributed by atoms with Gasteiger partial charge in [0.2, 0.25) is 0 Å². The Labute approximate surface area is 165 Å². The van der Waals surface area contributed by atoms with Crippen LogP contribution in [0.15, 0.2) is 42.5 Å². The van der Waals surface area contributed by atoms with Crippen molar-refractivity contribution in [3.8, 4) is 5.75 Å². The van der Waals surface area contributed by atoms with E-state index in [1.165, 1.54) is 11.8 Å². The number of rotatable bonds is 6. The van der Waals surface area contributed by atoms with Gasteiger partial charge in [0, 0.05) is 12.6 Å². The van der Waals surface area contributed by atoms with Gasteiger partial charge in [-0.15, -0.1) is 0 Å². The molecule has 0 aliphatic carbocycles. The summed E-state index contributed by atoms with van der Waals surface area (Å²) < 4.78 is 36.9. The van der Waals surface area contributed by atoms with E-state index in [9.17, 15) is 23.2 Å². The van der Waals surface area contributed by atoms with E-state index in [1.807, 2.05) is 0 Å². The van der Waals surface area contributed by atoms with Gasteiger partial charge in [-0.1, -0.05) is 12.1 Å². The third kappa shape index (κ3) is 4.87. The molecule has 1 atom stereocenters. The number of para-hydroxylation sites is 2. The molecule has 1 aliphatic rings. The molecule has 0 fully saturated rings. The lowest BCUT2D eigenvalue weighted by atomic mass is 10.2. The Bertz CT molecular complexity index is 950. The van der Waals surface area contributed by atoms with Crippen LogP contribution >= 0.6 is 0 Å². The fraction of sp³-hybridized carbons (Fsp3) is 0.250. The molecule has 7 nitrogen and oxygen atoms in total. The Hall–Kier alpha value is -3.49. The van der Waals surface area contributed by atoms with Crippen LogP contribution in [0.5, 0.6) is 5.75 Å². The minimum atomic E-state index is -1.21. The lowest BCUT2D eigenvalue weighted by Crippen LogP contribution is -2.40. The van der Waals surface area contributed by atoms with Crippen molar-refractivity contribution in [3.63, 3.8) is 0 Å². The van der Waals surface area contributed by atoms with Crippen LogP contribution in [0.4, 0.5) is 20.2 Å². The predicted octanol–water partition coefficient (Wildman–Crippen LogP) is 2.65. The number of carbonyl (C=O) groups excluding carboxylic acids is 3. The molecule has 29 heavy (non-hydrogen) atoms. The number of benzene rings is 2. The van der Waals surface area contributed by atoms with Crippen LogP contribution in [0.3, 0.4) is 0 Å². The summed E-state index contributed by atoms with van der Waals surface area (Å²) in [6.07, 6.45) is -1.36. The molecule has 1 aliphatic heterocycles. The number of anilines is 2. The molecule has 0 spiro atoms. The average Bonchev–Trinajstić information content (AvgIpc) is 2.69. The predicted molar refractivity (Wildman–Crippen MR) is 99.4 cm³/mol. The van der Waals surface area contributed by atoms with Crippen molar-refractivity contribution in [2.75, 3.05) is 23.4 Å². The molecule has 1 heterocycles. The highest BCUT2D eigenvalue weighted by Crippen LogP contribution is 2.31. The minimum absolute atomic E-state index is 0.0545. The number of hydrogen-bond donors (Lipinski definition) is 1. The number of fused-ring (bicyclic) bond motifs is 1. The van der Waals surface area contributed by atoms with Gasteiger partial charge in [-0.3, -0.25) is 14.4 Å². The lowest BCUT2D eigenvalue weighted by Gasteiger charge is -2.29. The highest BCUT2D eigenvalue weighted by Gasteiger charge is 2.26. The Morgan fingerprint density at radius 3 is 2.76 bits per heavy atom. The second kappa shape index (κ2) is 8.68. The van der Waals surface area contributed by atoms with E-state index in [2.05, 4.69) is 5.32 Å². The van der Waals surface area contributed by atoms with E-state index in [0.29, 0.717) is 17.5 Å². The van der Waals surface area contributed by atoms with Gasteiger partial charge >= 0.3 is 5.97 Å². The topological polar surface area (TPSA) is 84.9 Å². The first-order valence-corrected chi connectivity index (χ1v) is 8.82. The van der Waals surface area contributed by atoms with E-state index >= 15 is 0 Å². The summed E-state index contributed by atoms with van der Waals surface area (Å²) in [5.41, 5.74) is 0.323. The maximum absolute atomic E-state index is 13.6. The largest absolute Gasteiger partial charge is 0.482 e. The van der Waals surface area contributed by atoms with E-state index in [0.717, 1.165) is 12.1 Å². The molecule has 2 amide bonds. The standard InChI is InChI=1S/C20H18F2N2O5/c1-12(20(27)23-15-7-6-13(21)10-14(15)22)29-19(26)8-9-24-16-4-2-3-5-17(16)28-11-18(24)25/h2-7,10,12H,8-9,11H2,1H3,(H,23,27)/t12-/m1/s1. The number of halogens is 2. The van der Waals surface area contributed by atoms with Crippen LogP contribution in [0, 0.1) is 11.6 Å². The van der Waals surface area contributed by atoms with Gasteiger partial charge in [0.15, 0.2) is 12.7 Å². The summed E-state index contributed by atoms with van der Waals surface area (Å²) in [7, 11) is 0.